The van der Waals surface area contributed by atoms with E-state index in [4.69, 9.17) is 4.43 Å². The van der Waals surface area contributed by atoms with Crippen molar-refractivity contribution in [2.75, 3.05) is 6.61 Å². The van der Waals surface area contributed by atoms with Crippen LogP contribution in [0.4, 0.5) is 0 Å². The van der Waals surface area contributed by atoms with Gasteiger partial charge in [0, 0.05) is 12.5 Å². The molecule has 84 valence electrons. The fourth-order valence-corrected chi connectivity index (χ4v) is 4.19. The number of rotatable bonds is 7. The molecule has 0 radical (unpaired) electrons. The summed E-state index contributed by atoms with van der Waals surface area (Å²) < 4.78 is 6.02. The Morgan fingerprint density at radius 3 is 1.93 bits per heavy atom. The third-order valence-corrected chi connectivity index (χ3v) is 7.91. The monoisotopic (exact) mass is 216 g/mol. The van der Waals surface area contributed by atoms with Crippen molar-refractivity contribution in [2.45, 2.75) is 52.8 Å². The maximum absolute atomic E-state index is 11.1. The first-order valence-corrected chi connectivity index (χ1v) is 8.18. The van der Waals surface area contributed by atoms with Crippen LogP contribution in [-0.4, -0.2) is 20.7 Å². The van der Waals surface area contributed by atoms with E-state index in [1.165, 1.54) is 0 Å². The Hall–Kier alpha value is -0.153. The highest BCUT2D eigenvalue weighted by Crippen LogP contribution is 2.22. The zero-order valence-electron chi connectivity index (χ0n) is 10.2. The Labute approximate surface area is 89.2 Å². The predicted molar refractivity (Wildman–Crippen MR) is 63.0 cm³/mol. The van der Waals surface area contributed by atoms with Gasteiger partial charge in [-0.2, -0.15) is 0 Å². The quantitative estimate of drug-likeness (QED) is 0.611. The van der Waals surface area contributed by atoms with Gasteiger partial charge in [0.1, 0.15) is 5.78 Å². The second-order valence-electron chi connectivity index (χ2n) is 4.07. The average molecular weight is 216 g/mol. The molecule has 0 saturated carbocycles. The molecule has 3 heteroatoms. The van der Waals surface area contributed by atoms with Crippen LogP contribution in [0.25, 0.3) is 0 Å². The fourth-order valence-electron chi connectivity index (χ4n) is 1.48. The minimum Gasteiger partial charge on any atom is -0.416 e. The van der Waals surface area contributed by atoms with Crippen LogP contribution in [-0.2, 0) is 9.22 Å². The molecule has 0 saturated heterocycles. The summed E-state index contributed by atoms with van der Waals surface area (Å²) in [7, 11) is -1.48. The predicted octanol–water partition coefficient (Wildman–Crippen LogP) is 3.23. The van der Waals surface area contributed by atoms with Gasteiger partial charge in [0.25, 0.3) is 0 Å². The zero-order valence-corrected chi connectivity index (χ0v) is 11.2. The van der Waals surface area contributed by atoms with Crippen molar-refractivity contribution in [2.24, 2.45) is 5.92 Å². The summed E-state index contributed by atoms with van der Waals surface area (Å²) in [5.41, 5.74) is 0. The Balaban J connectivity index is 4.12. The summed E-state index contributed by atoms with van der Waals surface area (Å²) in [4.78, 5) is 11.1. The largest absolute Gasteiger partial charge is 0.416 e. The zero-order chi connectivity index (χ0) is 11.2. The van der Waals surface area contributed by atoms with Gasteiger partial charge in [-0.25, -0.2) is 0 Å². The van der Waals surface area contributed by atoms with Gasteiger partial charge in [-0.1, -0.05) is 27.7 Å². The molecule has 14 heavy (non-hydrogen) atoms. The van der Waals surface area contributed by atoms with E-state index in [0.29, 0.717) is 6.61 Å². The highest BCUT2D eigenvalue weighted by molar-refractivity contribution is 6.73. The molecule has 0 aromatic carbocycles. The van der Waals surface area contributed by atoms with Crippen molar-refractivity contribution in [3.05, 3.63) is 0 Å². The lowest BCUT2D eigenvalue weighted by Crippen LogP contribution is -2.37. The summed E-state index contributed by atoms with van der Waals surface area (Å²) in [6.07, 6.45) is 0. The molecule has 0 bridgehead atoms. The molecular formula is C11H24O2Si. The number of carbonyl (C=O) groups is 1. The maximum atomic E-state index is 11.1. The van der Waals surface area contributed by atoms with Crippen molar-refractivity contribution in [3.8, 4) is 0 Å². The highest BCUT2D eigenvalue weighted by Gasteiger charge is 2.29. The van der Waals surface area contributed by atoms with Crippen LogP contribution in [0.1, 0.15) is 34.6 Å². The van der Waals surface area contributed by atoms with Gasteiger partial charge in [0.05, 0.1) is 0 Å². The van der Waals surface area contributed by atoms with Crippen LogP contribution in [0, 0.1) is 5.92 Å². The van der Waals surface area contributed by atoms with Crippen LogP contribution >= 0.6 is 0 Å². The summed E-state index contributed by atoms with van der Waals surface area (Å²) >= 11 is 0. The van der Waals surface area contributed by atoms with E-state index in [0.717, 1.165) is 18.1 Å². The average Bonchev–Trinajstić information content (AvgIpc) is 2.20. The third kappa shape index (κ3) is 3.92. The highest BCUT2D eigenvalue weighted by atomic mass is 28.4. The molecule has 0 aliphatic rings. The normalized spacial score (nSPS) is 14.1. The molecule has 0 aliphatic carbocycles. The van der Waals surface area contributed by atoms with Crippen molar-refractivity contribution >= 4 is 14.1 Å². The van der Waals surface area contributed by atoms with E-state index in [1.54, 1.807) is 6.92 Å². The maximum Gasteiger partial charge on any atom is 0.192 e. The van der Waals surface area contributed by atoms with Crippen LogP contribution in [0.3, 0.4) is 0 Å². The Morgan fingerprint density at radius 2 is 1.64 bits per heavy atom. The van der Waals surface area contributed by atoms with Crippen LogP contribution < -0.4 is 0 Å². The van der Waals surface area contributed by atoms with E-state index >= 15 is 0 Å². The van der Waals surface area contributed by atoms with E-state index < -0.39 is 8.32 Å². The molecule has 0 heterocycles. The number of ketones is 1. The molecule has 0 spiro atoms. The number of hydrogen-bond acceptors (Lipinski definition) is 2. The third-order valence-electron chi connectivity index (χ3n) is 3.27. The second kappa shape index (κ2) is 6.35. The van der Waals surface area contributed by atoms with Crippen LogP contribution in [0.15, 0.2) is 0 Å². The molecular weight excluding hydrogens is 192 g/mol. The first kappa shape index (κ1) is 13.8. The lowest BCUT2D eigenvalue weighted by molar-refractivity contribution is -0.121. The molecule has 0 fully saturated rings. The van der Waals surface area contributed by atoms with Crippen molar-refractivity contribution in [1.29, 1.82) is 0 Å². The molecule has 0 aromatic heterocycles. The van der Waals surface area contributed by atoms with E-state index in [2.05, 4.69) is 20.8 Å². The number of Topliss-reactive ketones (excluding diaryl/α,β-unsaturated/α-hetero) is 1. The molecule has 0 aliphatic heterocycles. The van der Waals surface area contributed by atoms with Crippen molar-refractivity contribution < 1.29 is 9.22 Å². The number of hydrogen-bond donors (Lipinski definition) is 0. The Morgan fingerprint density at radius 1 is 1.21 bits per heavy atom. The fraction of sp³-hybridized carbons (Fsp3) is 0.909. The van der Waals surface area contributed by atoms with E-state index in [9.17, 15) is 4.79 Å². The lowest BCUT2D eigenvalue weighted by atomic mass is 10.1. The topological polar surface area (TPSA) is 26.3 Å². The lowest BCUT2D eigenvalue weighted by Gasteiger charge is -2.29. The minimum atomic E-state index is -1.48. The summed E-state index contributed by atoms with van der Waals surface area (Å²) in [5, 5.41) is 0. The minimum absolute atomic E-state index is 0.0616. The van der Waals surface area contributed by atoms with Gasteiger partial charge in [0.2, 0.25) is 0 Å². The van der Waals surface area contributed by atoms with Crippen LogP contribution in [0.5, 0.6) is 0 Å². The molecule has 2 nitrogen and oxygen atoms in total. The number of carbonyl (C=O) groups excluding carboxylic acids is 1. The molecule has 0 N–H and O–H groups in total. The van der Waals surface area contributed by atoms with Crippen molar-refractivity contribution in [3.63, 3.8) is 0 Å². The first-order chi connectivity index (χ1) is 6.51. The van der Waals surface area contributed by atoms with Gasteiger partial charge >= 0.3 is 0 Å². The van der Waals surface area contributed by atoms with Gasteiger partial charge in [-0.05, 0) is 25.1 Å². The van der Waals surface area contributed by atoms with Gasteiger partial charge in [-0.3, -0.25) is 4.79 Å². The SMILES string of the molecule is CC[Si](CC)(CC)OCC(C)C(C)=O. The Bertz CT molecular complexity index is 168. The molecule has 0 rings (SSSR count). The van der Waals surface area contributed by atoms with Gasteiger partial charge in [0.15, 0.2) is 8.32 Å². The molecule has 1 atom stereocenters. The second-order valence-corrected chi connectivity index (χ2v) is 8.84. The van der Waals surface area contributed by atoms with E-state index in [-0.39, 0.29) is 11.7 Å². The van der Waals surface area contributed by atoms with Gasteiger partial charge in [-0.15, -0.1) is 0 Å². The standard InChI is InChI=1S/C11H24O2Si/c1-6-14(7-2,8-3)13-9-10(4)11(5)12/h10H,6-9H2,1-5H3. The first-order valence-electron chi connectivity index (χ1n) is 5.65. The van der Waals surface area contributed by atoms with Gasteiger partial charge < -0.3 is 4.43 Å². The van der Waals surface area contributed by atoms with Crippen molar-refractivity contribution in [1.82, 2.24) is 0 Å². The summed E-state index contributed by atoms with van der Waals surface area (Å²) in [6.45, 7) is 10.8. The smallest absolute Gasteiger partial charge is 0.192 e. The summed E-state index contributed by atoms with van der Waals surface area (Å²) in [6, 6.07) is 3.47. The van der Waals surface area contributed by atoms with Crippen LogP contribution in [0.2, 0.25) is 18.1 Å². The van der Waals surface area contributed by atoms with E-state index in [1.807, 2.05) is 6.92 Å². The molecule has 0 amide bonds. The summed E-state index contributed by atoms with van der Waals surface area (Å²) in [5.74, 6) is 0.294. The molecule has 1 unspecified atom stereocenters. The molecule has 0 aromatic rings. The Kier molecular flexibility index (Phi) is 6.28.